The van der Waals surface area contributed by atoms with E-state index in [9.17, 15) is 4.79 Å². The minimum atomic E-state index is 0.0890. The molecule has 1 saturated heterocycles. The van der Waals surface area contributed by atoms with Crippen LogP contribution < -0.4 is 0 Å². The van der Waals surface area contributed by atoms with Crippen molar-refractivity contribution in [3.8, 4) is 5.69 Å². The van der Waals surface area contributed by atoms with Crippen molar-refractivity contribution in [2.75, 3.05) is 0 Å². The number of benzene rings is 2. The van der Waals surface area contributed by atoms with Gasteiger partial charge in [-0.25, -0.2) is 4.99 Å². The molecule has 0 radical (unpaired) electrons. The molecule has 1 aliphatic heterocycles. The molecule has 33 heavy (non-hydrogen) atoms. The van der Waals surface area contributed by atoms with Crippen molar-refractivity contribution < 1.29 is 4.79 Å². The van der Waals surface area contributed by atoms with Gasteiger partial charge in [0.25, 0.3) is 5.91 Å². The predicted octanol–water partition coefficient (Wildman–Crippen LogP) is 7.03. The van der Waals surface area contributed by atoms with E-state index < -0.39 is 0 Å². The Hall–Kier alpha value is -3.05. The molecule has 2 fully saturated rings. The highest BCUT2D eigenvalue weighted by atomic mass is 32.2. The van der Waals surface area contributed by atoms with Crippen LogP contribution in [0.15, 0.2) is 76.6 Å². The third kappa shape index (κ3) is 4.42. The summed E-state index contributed by atoms with van der Waals surface area (Å²) in [6, 6.07) is 22.7. The third-order valence-corrected chi connectivity index (χ3v) is 7.51. The first kappa shape index (κ1) is 21.8. The van der Waals surface area contributed by atoms with Crippen LogP contribution in [-0.4, -0.2) is 26.6 Å². The number of hydrogen-bond acceptors (Lipinski definition) is 3. The fourth-order valence-electron chi connectivity index (χ4n) is 4.89. The Kier molecular flexibility index (Phi) is 6.23. The summed E-state index contributed by atoms with van der Waals surface area (Å²) in [6.45, 7) is 4.23. The van der Waals surface area contributed by atoms with Crippen LogP contribution in [0.3, 0.4) is 0 Å². The van der Waals surface area contributed by atoms with Crippen LogP contribution in [0.25, 0.3) is 11.8 Å². The van der Waals surface area contributed by atoms with Gasteiger partial charge in [0.2, 0.25) is 0 Å². The zero-order valence-corrected chi connectivity index (χ0v) is 20.0. The minimum absolute atomic E-state index is 0.0890. The molecule has 0 unspecified atom stereocenters. The van der Waals surface area contributed by atoms with Crippen molar-refractivity contribution in [1.82, 2.24) is 9.47 Å². The number of aliphatic imine (C=N–C) groups is 1. The van der Waals surface area contributed by atoms with Crippen LogP contribution in [-0.2, 0) is 4.79 Å². The molecule has 1 saturated carbocycles. The number of carbonyl (C=O) groups excluding carboxylic acids is 1. The average molecular weight is 456 g/mol. The minimum Gasteiger partial charge on any atom is -0.318 e. The predicted molar refractivity (Wildman–Crippen MR) is 138 cm³/mol. The topological polar surface area (TPSA) is 37.6 Å². The molecule has 0 bridgehead atoms. The smallest absolute Gasteiger partial charge is 0.267 e. The molecule has 1 aliphatic carbocycles. The fourth-order valence-corrected chi connectivity index (χ4v) is 5.94. The molecule has 2 aliphatic rings. The second kappa shape index (κ2) is 9.44. The van der Waals surface area contributed by atoms with Crippen LogP contribution >= 0.6 is 11.8 Å². The highest BCUT2D eigenvalue weighted by Gasteiger charge is 2.38. The molecule has 0 atom stereocenters. The van der Waals surface area contributed by atoms with Gasteiger partial charge in [-0.3, -0.25) is 9.69 Å². The van der Waals surface area contributed by atoms with Crippen molar-refractivity contribution in [3.63, 3.8) is 0 Å². The van der Waals surface area contributed by atoms with Gasteiger partial charge >= 0.3 is 0 Å². The number of amidine groups is 1. The maximum atomic E-state index is 13.6. The third-order valence-electron chi connectivity index (χ3n) is 6.53. The summed E-state index contributed by atoms with van der Waals surface area (Å²) < 4.78 is 2.24. The molecule has 1 amide bonds. The quantitative estimate of drug-likeness (QED) is 0.396. The van der Waals surface area contributed by atoms with Gasteiger partial charge in [-0.05, 0) is 80.4 Å². The molecule has 3 aromatic rings. The van der Waals surface area contributed by atoms with Gasteiger partial charge in [0.05, 0.1) is 10.6 Å². The normalized spacial score (nSPS) is 19.7. The SMILES string of the molecule is Cc1cc(/C=C2\SC(=Nc3ccccc3)N(C3CCCCC3)C2=O)c(C)n1-c1ccccc1. The van der Waals surface area contributed by atoms with Crippen LogP contribution in [0.1, 0.15) is 49.1 Å². The van der Waals surface area contributed by atoms with E-state index >= 15 is 0 Å². The van der Waals surface area contributed by atoms with Gasteiger partial charge in [-0.1, -0.05) is 55.7 Å². The maximum absolute atomic E-state index is 13.6. The Morgan fingerprint density at radius 3 is 2.30 bits per heavy atom. The molecule has 168 valence electrons. The number of para-hydroxylation sites is 2. The molecule has 5 heteroatoms. The Balaban J connectivity index is 1.52. The van der Waals surface area contributed by atoms with Gasteiger partial charge in [-0.2, -0.15) is 0 Å². The van der Waals surface area contributed by atoms with Crippen LogP contribution in [0, 0.1) is 13.8 Å². The van der Waals surface area contributed by atoms with E-state index in [0.717, 1.165) is 51.2 Å². The number of rotatable bonds is 4. The Morgan fingerprint density at radius 2 is 1.61 bits per heavy atom. The fraction of sp³-hybridized carbons (Fsp3) is 0.286. The van der Waals surface area contributed by atoms with Crippen LogP contribution in [0.4, 0.5) is 5.69 Å². The second-order valence-electron chi connectivity index (χ2n) is 8.80. The van der Waals surface area contributed by atoms with Gasteiger partial charge in [0, 0.05) is 23.1 Å². The van der Waals surface area contributed by atoms with Crippen LogP contribution in [0.5, 0.6) is 0 Å². The summed E-state index contributed by atoms with van der Waals surface area (Å²) in [5, 5.41) is 0.807. The molecule has 2 aromatic carbocycles. The summed E-state index contributed by atoms with van der Waals surface area (Å²) in [5.41, 5.74) is 5.40. The molecule has 4 nitrogen and oxygen atoms in total. The number of carbonyl (C=O) groups is 1. The van der Waals surface area contributed by atoms with E-state index in [1.165, 1.54) is 31.0 Å². The van der Waals surface area contributed by atoms with E-state index in [1.807, 2.05) is 41.3 Å². The van der Waals surface area contributed by atoms with E-state index in [0.29, 0.717) is 0 Å². The lowest BCUT2D eigenvalue weighted by Gasteiger charge is -2.30. The lowest BCUT2D eigenvalue weighted by atomic mass is 9.94. The van der Waals surface area contributed by atoms with Crippen LogP contribution in [0.2, 0.25) is 0 Å². The van der Waals surface area contributed by atoms with Gasteiger partial charge in [-0.15, -0.1) is 0 Å². The second-order valence-corrected chi connectivity index (χ2v) is 9.81. The number of nitrogens with zero attached hydrogens (tertiary/aromatic N) is 3. The molecular weight excluding hydrogens is 426 g/mol. The van der Waals surface area contributed by atoms with E-state index in [1.54, 1.807) is 0 Å². The summed E-state index contributed by atoms with van der Waals surface area (Å²) >= 11 is 1.51. The van der Waals surface area contributed by atoms with Crippen molar-refractivity contribution in [3.05, 3.63) is 88.6 Å². The first-order valence-electron chi connectivity index (χ1n) is 11.7. The molecular formula is C28H29N3OS. The summed E-state index contributed by atoms with van der Waals surface area (Å²) in [6.07, 6.45) is 7.76. The number of thioether (sulfide) groups is 1. The molecule has 2 heterocycles. The monoisotopic (exact) mass is 455 g/mol. The zero-order chi connectivity index (χ0) is 22.8. The van der Waals surface area contributed by atoms with E-state index in [-0.39, 0.29) is 11.9 Å². The molecule has 0 N–H and O–H groups in total. The van der Waals surface area contributed by atoms with E-state index in [2.05, 4.69) is 54.8 Å². The molecule has 0 spiro atoms. The largest absolute Gasteiger partial charge is 0.318 e. The highest BCUT2D eigenvalue weighted by Crippen LogP contribution is 2.39. The Labute approximate surface area is 200 Å². The van der Waals surface area contributed by atoms with E-state index in [4.69, 9.17) is 4.99 Å². The van der Waals surface area contributed by atoms with Crippen molar-refractivity contribution in [1.29, 1.82) is 0 Å². The first-order chi connectivity index (χ1) is 16.1. The van der Waals surface area contributed by atoms with Crippen molar-refractivity contribution in [2.45, 2.75) is 52.0 Å². The number of aromatic nitrogens is 1. The summed E-state index contributed by atoms with van der Waals surface area (Å²) in [7, 11) is 0. The maximum Gasteiger partial charge on any atom is 0.267 e. The van der Waals surface area contributed by atoms with Gasteiger partial charge in [0.15, 0.2) is 5.17 Å². The number of hydrogen-bond donors (Lipinski definition) is 0. The standard InChI is InChI=1S/C28H29N3OS/c1-20-18-22(21(2)30(20)24-14-8-4-9-15-24)19-26-27(32)31(25-16-10-5-11-17-25)28(33-26)29-23-12-6-3-7-13-23/h3-4,6-9,12-15,18-19,25H,5,10-11,16-17H2,1-2H3/b26-19-,29-28?. The Morgan fingerprint density at radius 1 is 0.939 bits per heavy atom. The summed E-state index contributed by atoms with van der Waals surface area (Å²) in [4.78, 5) is 21.2. The first-order valence-corrected chi connectivity index (χ1v) is 12.5. The molecule has 1 aromatic heterocycles. The van der Waals surface area contributed by atoms with Gasteiger partial charge in [0.1, 0.15) is 0 Å². The zero-order valence-electron chi connectivity index (χ0n) is 19.2. The lowest BCUT2D eigenvalue weighted by molar-refractivity contribution is -0.124. The summed E-state index contributed by atoms with van der Waals surface area (Å²) in [5.74, 6) is 0.0890. The number of aryl methyl sites for hydroxylation is 1. The Bertz CT molecular complexity index is 1200. The van der Waals surface area contributed by atoms with Gasteiger partial charge < -0.3 is 4.57 Å². The van der Waals surface area contributed by atoms with Crippen molar-refractivity contribution >= 4 is 34.6 Å². The molecule has 5 rings (SSSR count). The number of amides is 1. The van der Waals surface area contributed by atoms with Crippen molar-refractivity contribution in [2.24, 2.45) is 4.99 Å². The lowest BCUT2D eigenvalue weighted by Crippen LogP contribution is -2.40. The average Bonchev–Trinajstić information content (AvgIpc) is 3.30. The highest BCUT2D eigenvalue weighted by molar-refractivity contribution is 8.18.